The summed E-state index contributed by atoms with van der Waals surface area (Å²) < 4.78 is 5.95. The van der Waals surface area contributed by atoms with Crippen LogP contribution < -0.4 is 10.1 Å². The molecule has 2 fully saturated rings. The quantitative estimate of drug-likeness (QED) is 0.932. The molecule has 0 unspecified atom stereocenters. The van der Waals surface area contributed by atoms with Crippen LogP contribution in [0, 0.1) is 0 Å². The molecule has 5 heteroatoms. The fourth-order valence-corrected chi connectivity index (χ4v) is 3.46. The van der Waals surface area contributed by atoms with Crippen molar-refractivity contribution in [3.8, 4) is 5.75 Å². The Morgan fingerprint density at radius 3 is 2.52 bits per heavy atom. The fraction of sp³-hybridized carbons (Fsp3) is 0.400. The zero-order valence-electron chi connectivity index (χ0n) is 14.2. The molecule has 130 valence electrons. The number of nitrogens with zero attached hydrogens (tertiary/aromatic N) is 2. The number of pyridine rings is 1. The Labute approximate surface area is 148 Å². The van der Waals surface area contributed by atoms with Gasteiger partial charge in [-0.15, -0.1) is 0 Å². The minimum absolute atomic E-state index is 0.0609. The first-order valence-corrected chi connectivity index (χ1v) is 8.96. The molecular formula is C20H23N3O2. The van der Waals surface area contributed by atoms with Gasteiger partial charge in [-0.05, 0) is 24.1 Å². The second-order valence-corrected chi connectivity index (χ2v) is 6.80. The number of aromatic nitrogens is 1. The standard InChI is InChI=1S/C20H23N3O2/c24-20(22-19-14-18(19)15-4-2-1-3-5-15)23-12-8-17(9-13-23)25-16-6-10-21-11-7-16/h1-7,10-11,17-19H,8-9,12-14H2,(H,22,24)/t18-,19+/m1/s1. The molecule has 1 N–H and O–H groups in total. The normalized spacial score (nSPS) is 23.1. The lowest BCUT2D eigenvalue weighted by atomic mass is 10.1. The molecule has 2 atom stereocenters. The third-order valence-corrected chi connectivity index (χ3v) is 5.01. The van der Waals surface area contributed by atoms with Crippen molar-refractivity contribution in [2.75, 3.05) is 13.1 Å². The van der Waals surface area contributed by atoms with E-state index in [2.05, 4.69) is 34.6 Å². The van der Waals surface area contributed by atoms with Crippen molar-refractivity contribution in [3.05, 3.63) is 60.4 Å². The molecule has 1 aromatic heterocycles. The Hall–Kier alpha value is -2.56. The smallest absolute Gasteiger partial charge is 0.317 e. The summed E-state index contributed by atoms with van der Waals surface area (Å²) >= 11 is 0. The molecular weight excluding hydrogens is 314 g/mol. The van der Waals surface area contributed by atoms with Gasteiger partial charge < -0.3 is 15.0 Å². The molecule has 1 saturated heterocycles. The van der Waals surface area contributed by atoms with Crippen LogP contribution in [0.5, 0.6) is 5.75 Å². The molecule has 2 amide bonds. The van der Waals surface area contributed by atoms with Crippen molar-refractivity contribution in [2.24, 2.45) is 0 Å². The van der Waals surface area contributed by atoms with Gasteiger partial charge >= 0.3 is 6.03 Å². The molecule has 0 spiro atoms. The molecule has 2 aliphatic rings. The van der Waals surface area contributed by atoms with Gasteiger partial charge in [0.2, 0.25) is 0 Å². The molecule has 1 aliphatic heterocycles. The molecule has 4 rings (SSSR count). The van der Waals surface area contributed by atoms with Gasteiger partial charge in [0, 0.05) is 50.3 Å². The second-order valence-electron chi connectivity index (χ2n) is 6.80. The van der Waals surface area contributed by atoms with E-state index in [9.17, 15) is 4.79 Å². The van der Waals surface area contributed by atoms with E-state index < -0.39 is 0 Å². The van der Waals surface area contributed by atoms with Crippen LogP contribution in [0.15, 0.2) is 54.9 Å². The zero-order chi connectivity index (χ0) is 17.1. The summed E-state index contributed by atoms with van der Waals surface area (Å²) in [5.74, 6) is 1.32. The Balaban J connectivity index is 1.22. The fourth-order valence-electron chi connectivity index (χ4n) is 3.46. The third-order valence-electron chi connectivity index (χ3n) is 5.01. The van der Waals surface area contributed by atoms with Crippen LogP contribution in [0.3, 0.4) is 0 Å². The first kappa shape index (κ1) is 15.9. The number of nitrogens with one attached hydrogen (secondary N) is 1. The first-order chi connectivity index (χ1) is 12.3. The predicted octanol–water partition coefficient (Wildman–Crippen LogP) is 3.19. The number of urea groups is 1. The lowest BCUT2D eigenvalue weighted by molar-refractivity contribution is 0.111. The van der Waals surface area contributed by atoms with E-state index in [0.29, 0.717) is 5.92 Å². The van der Waals surface area contributed by atoms with Crippen LogP contribution in [0.25, 0.3) is 0 Å². The van der Waals surface area contributed by atoms with Gasteiger partial charge in [-0.2, -0.15) is 0 Å². The highest BCUT2D eigenvalue weighted by Gasteiger charge is 2.40. The maximum Gasteiger partial charge on any atom is 0.317 e. The van der Waals surface area contributed by atoms with Crippen molar-refractivity contribution in [1.29, 1.82) is 0 Å². The summed E-state index contributed by atoms with van der Waals surface area (Å²) in [7, 11) is 0. The average molecular weight is 337 g/mol. The van der Waals surface area contributed by atoms with E-state index >= 15 is 0 Å². The number of hydrogen-bond acceptors (Lipinski definition) is 3. The molecule has 1 saturated carbocycles. The van der Waals surface area contributed by atoms with E-state index in [1.165, 1.54) is 5.56 Å². The van der Waals surface area contributed by atoms with Crippen molar-refractivity contribution in [1.82, 2.24) is 15.2 Å². The van der Waals surface area contributed by atoms with Crippen LogP contribution in [0.1, 0.15) is 30.7 Å². The number of hydrogen-bond donors (Lipinski definition) is 1. The lowest BCUT2D eigenvalue weighted by Gasteiger charge is -2.32. The highest BCUT2D eigenvalue weighted by molar-refractivity contribution is 5.75. The monoisotopic (exact) mass is 337 g/mol. The first-order valence-electron chi connectivity index (χ1n) is 8.96. The number of carbonyl (C=O) groups excluding carboxylic acids is 1. The average Bonchev–Trinajstić information content (AvgIpc) is 3.43. The molecule has 0 radical (unpaired) electrons. The third kappa shape index (κ3) is 3.92. The van der Waals surface area contributed by atoms with Gasteiger partial charge in [0.1, 0.15) is 11.9 Å². The van der Waals surface area contributed by atoms with Crippen LogP contribution in [-0.4, -0.2) is 41.2 Å². The second kappa shape index (κ2) is 7.13. The molecule has 2 heterocycles. The number of rotatable bonds is 4. The Bertz CT molecular complexity index is 699. The SMILES string of the molecule is O=C(N[C@H]1C[C@@H]1c1ccccc1)N1CCC(Oc2ccncc2)CC1. The highest BCUT2D eigenvalue weighted by Crippen LogP contribution is 2.40. The van der Waals surface area contributed by atoms with Crippen molar-refractivity contribution in [3.63, 3.8) is 0 Å². The minimum Gasteiger partial charge on any atom is -0.490 e. The van der Waals surface area contributed by atoms with Crippen LogP contribution in [0.2, 0.25) is 0 Å². The number of ether oxygens (including phenoxy) is 1. The lowest BCUT2D eigenvalue weighted by Crippen LogP contribution is -2.47. The predicted molar refractivity (Wildman–Crippen MR) is 95.6 cm³/mol. The van der Waals surface area contributed by atoms with Crippen molar-refractivity contribution >= 4 is 6.03 Å². The molecule has 0 bridgehead atoms. The zero-order valence-corrected chi connectivity index (χ0v) is 14.2. The van der Waals surface area contributed by atoms with Gasteiger partial charge in [0.25, 0.3) is 0 Å². The summed E-state index contributed by atoms with van der Waals surface area (Å²) in [5, 5.41) is 3.17. The van der Waals surface area contributed by atoms with E-state index in [4.69, 9.17) is 4.74 Å². The number of benzene rings is 1. The maximum absolute atomic E-state index is 12.5. The summed E-state index contributed by atoms with van der Waals surface area (Å²) in [6, 6.07) is 14.5. The van der Waals surface area contributed by atoms with Crippen molar-refractivity contribution < 1.29 is 9.53 Å². The molecule has 25 heavy (non-hydrogen) atoms. The van der Waals surface area contributed by atoms with E-state index in [1.807, 2.05) is 23.1 Å². The Morgan fingerprint density at radius 1 is 1.08 bits per heavy atom. The van der Waals surface area contributed by atoms with Gasteiger partial charge in [-0.1, -0.05) is 30.3 Å². The molecule has 5 nitrogen and oxygen atoms in total. The van der Waals surface area contributed by atoms with Gasteiger partial charge in [-0.3, -0.25) is 4.98 Å². The van der Waals surface area contributed by atoms with E-state index in [-0.39, 0.29) is 18.2 Å². The van der Waals surface area contributed by atoms with Gasteiger partial charge in [0.05, 0.1) is 0 Å². The topological polar surface area (TPSA) is 54.5 Å². The summed E-state index contributed by atoms with van der Waals surface area (Å²) in [6.07, 6.45) is 6.40. The number of piperidine rings is 1. The van der Waals surface area contributed by atoms with Gasteiger partial charge in [0.15, 0.2) is 0 Å². The maximum atomic E-state index is 12.5. The Morgan fingerprint density at radius 2 is 1.80 bits per heavy atom. The van der Waals surface area contributed by atoms with Crippen LogP contribution >= 0.6 is 0 Å². The Kier molecular flexibility index (Phi) is 4.55. The molecule has 1 aromatic carbocycles. The van der Waals surface area contributed by atoms with E-state index in [0.717, 1.165) is 38.1 Å². The summed E-state index contributed by atoms with van der Waals surface area (Å²) in [4.78, 5) is 18.4. The highest BCUT2D eigenvalue weighted by atomic mass is 16.5. The number of likely N-dealkylation sites (tertiary alicyclic amines) is 1. The van der Waals surface area contributed by atoms with Crippen LogP contribution in [0.4, 0.5) is 4.79 Å². The van der Waals surface area contributed by atoms with E-state index in [1.54, 1.807) is 12.4 Å². The van der Waals surface area contributed by atoms with Gasteiger partial charge in [-0.25, -0.2) is 4.79 Å². The largest absolute Gasteiger partial charge is 0.490 e. The van der Waals surface area contributed by atoms with Crippen molar-refractivity contribution in [2.45, 2.75) is 37.3 Å². The minimum atomic E-state index is 0.0609. The number of amides is 2. The summed E-state index contributed by atoms with van der Waals surface area (Å²) in [6.45, 7) is 1.48. The number of carbonyl (C=O) groups is 1. The van der Waals surface area contributed by atoms with Crippen LogP contribution in [-0.2, 0) is 0 Å². The molecule has 2 aromatic rings. The molecule has 1 aliphatic carbocycles. The summed E-state index contributed by atoms with van der Waals surface area (Å²) in [5.41, 5.74) is 1.32.